The largest absolute Gasteiger partial charge is 0.508 e. The van der Waals surface area contributed by atoms with Crippen molar-refractivity contribution in [3.63, 3.8) is 0 Å². The number of hydrogen-bond donors (Lipinski definition) is 1. The number of aromatic hydroxyl groups is 1. The molecule has 0 saturated heterocycles. The van der Waals surface area contributed by atoms with Gasteiger partial charge < -0.3 is 5.11 Å². The standard InChI is InChI=1S/C7H12O.C7H8O/c1-6-3-2-4-7(8)5-6;1-6-4-2-3-5-7(6)8/h6H,2-5H2,1H3;2-5,8H,1H3. The Labute approximate surface area is 97.3 Å². The van der Waals surface area contributed by atoms with E-state index in [0.29, 0.717) is 17.5 Å². The Morgan fingerprint density at radius 1 is 1.31 bits per heavy atom. The molecule has 1 N–H and O–H groups in total. The minimum atomic E-state index is 0.368. The molecule has 1 fully saturated rings. The van der Waals surface area contributed by atoms with E-state index in [2.05, 4.69) is 6.92 Å². The van der Waals surface area contributed by atoms with Gasteiger partial charge in [-0.1, -0.05) is 25.1 Å². The van der Waals surface area contributed by atoms with E-state index in [1.165, 1.54) is 6.42 Å². The number of ketones is 1. The molecule has 2 heteroatoms. The SMILES string of the molecule is CC1CCCC(=O)C1.Cc1ccccc1O. The van der Waals surface area contributed by atoms with Gasteiger partial charge in [-0.25, -0.2) is 0 Å². The third-order valence-corrected chi connectivity index (χ3v) is 2.84. The lowest BCUT2D eigenvalue weighted by molar-refractivity contribution is -0.121. The summed E-state index contributed by atoms with van der Waals surface area (Å²) in [7, 11) is 0. The van der Waals surface area contributed by atoms with Gasteiger partial charge in [-0.05, 0) is 37.3 Å². The highest BCUT2D eigenvalue weighted by atomic mass is 16.3. The number of rotatable bonds is 0. The lowest BCUT2D eigenvalue weighted by Crippen LogP contribution is -2.11. The van der Waals surface area contributed by atoms with Gasteiger partial charge in [0, 0.05) is 12.8 Å². The summed E-state index contributed by atoms with van der Waals surface area (Å²) in [6, 6.07) is 7.25. The summed E-state index contributed by atoms with van der Waals surface area (Å²) in [5.41, 5.74) is 0.924. The van der Waals surface area contributed by atoms with Crippen LogP contribution >= 0.6 is 0 Å². The second kappa shape index (κ2) is 6.31. The lowest BCUT2D eigenvalue weighted by atomic mass is 9.90. The van der Waals surface area contributed by atoms with E-state index in [1.54, 1.807) is 6.07 Å². The number of phenolic OH excluding ortho intramolecular Hbond substituents is 1. The average molecular weight is 220 g/mol. The van der Waals surface area contributed by atoms with Gasteiger partial charge >= 0.3 is 0 Å². The number of carbonyl (C=O) groups excluding carboxylic acids is 1. The first-order valence-corrected chi connectivity index (χ1v) is 5.86. The first-order chi connectivity index (χ1) is 7.59. The molecule has 0 amide bonds. The van der Waals surface area contributed by atoms with Gasteiger partial charge in [-0.15, -0.1) is 0 Å². The van der Waals surface area contributed by atoms with Crippen molar-refractivity contribution in [3.8, 4) is 5.75 Å². The van der Waals surface area contributed by atoms with Crippen molar-refractivity contribution in [1.82, 2.24) is 0 Å². The molecule has 16 heavy (non-hydrogen) atoms. The van der Waals surface area contributed by atoms with Crippen LogP contribution in [0.1, 0.15) is 38.2 Å². The number of aryl methyl sites for hydroxylation is 1. The van der Waals surface area contributed by atoms with E-state index in [0.717, 1.165) is 24.8 Å². The minimum absolute atomic E-state index is 0.368. The molecule has 1 aliphatic carbocycles. The predicted octanol–water partition coefficient (Wildman–Crippen LogP) is 3.47. The van der Waals surface area contributed by atoms with E-state index in [1.807, 2.05) is 25.1 Å². The molecule has 1 unspecified atom stereocenters. The molecule has 2 rings (SSSR count). The van der Waals surface area contributed by atoms with Crippen LogP contribution in [-0.4, -0.2) is 10.9 Å². The lowest BCUT2D eigenvalue weighted by Gasteiger charge is -2.14. The highest BCUT2D eigenvalue weighted by Gasteiger charge is 2.14. The highest BCUT2D eigenvalue weighted by Crippen LogP contribution is 2.19. The molecule has 0 aromatic heterocycles. The molecule has 0 heterocycles. The minimum Gasteiger partial charge on any atom is -0.508 e. The molecule has 88 valence electrons. The van der Waals surface area contributed by atoms with E-state index in [4.69, 9.17) is 5.11 Å². The number of phenols is 1. The Bertz CT molecular complexity index is 323. The Hall–Kier alpha value is -1.31. The summed E-state index contributed by atoms with van der Waals surface area (Å²) in [5, 5.41) is 8.92. The van der Waals surface area contributed by atoms with Crippen molar-refractivity contribution >= 4 is 5.78 Å². The van der Waals surface area contributed by atoms with Gasteiger partial charge in [0.2, 0.25) is 0 Å². The van der Waals surface area contributed by atoms with Crippen LogP contribution in [0.15, 0.2) is 24.3 Å². The fourth-order valence-electron chi connectivity index (χ4n) is 1.80. The molecule has 1 aromatic rings. The zero-order valence-corrected chi connectivity index (χ0v) is 10.1. The molecule has 0 radical (unpaired) electrons. The van der Waals surface area contributed by atoms with Crippen molar-refractivity contribution in [1.29, 1.82) is 0 Å². The number of benzene rings is 1. The number of para-hydroxylation sites is 1. The molecule has 1 aliphatic rings. The van der Waals surface area contributed by atoms with Gasteiger partial charge in [-0.3, -0.25) is 4.79 Å². The summed E-state index contributed by atoms with van der Waals surface area (Å²) in [4.78, 5) is 10.7. The van der Waals surface area contributed by atoms with Crippen molar-refractivity contribution < 1.29 is 9.90 Å². The van der Waals surface area contributed by atoms with E-state index < -0.39 is 0 Å². The van der Waals surface area contributed by atoms with Crippen molar-refractivity contribution in [3.05, 3.63) is 29.8 Å². The van der Waals surface area contributed by atoms with E-state index in [-0.39, 0.29) is 0 Å². The second-order valence-corrected chi connectivity index (χ2v) is 4.53. The first kappa shape index (κ1) is 12.8. The van der Waals surface area contributed by atoms with Gasteiger partial charge in [0.25, 0.3) is 0 Å². The van der Waals surface area contributed by atoms with E-state index in [9.17, 15) is 4.79 Å². The van der Waals surface area contributed by atoms with Crippen LogP contribution in [0.3, 0.4) is 0 Å². The zero-order valence-electron chi connectivity index (χ0n) is 10.1. The molecule has 0 bridgehead atoms. The molecule has 1 saturated carbocycles. The third-order valence-electron chi connectivity index (χ3n) is 2.84. The number of Topliss-reactive ketones (excluding diaryl/α,β-unsaturated/α-hetero) is 1. The van der Waals surface area contributed by atoms with Crippen LogP contribution in [0, 0.1) is 12.8 Å². The van der Waals surface area contributed by atoms with Gasteiger partial charge in [0.15, 0.2) is 0 Å². The Kier molecular flexibility index (Phi) is 5.03. The van der Waals surface area contributed by atoms with Gasteiger partial charge in [-0.2, -0.15) is 0 Å². The quantitative estimate of drug-likeness (QED) is 0.727. The van der Waals surface area contributed by atoms with Crippen LogP contribution in [0.5, 0.6) is 5.75 Å². The summed E-state index contributed by atoms with van der Waals surface area (Å²) < 4.78 is 0. The average Bonchev–Trinajstić information content (AvgIpc) is 2.23. The Morgan fingerprint density at radius 2 is 2.00 bits per heavy atom. The zero-order chi connectivity index (χ0) is 12.0. The molecule has 0 aliphatic heterocycles. The summed E-state index contributed by atoms with van der Waals surface area (Å²) in [5.74, 6) is 1.49. The molecule has 1 atom stereocenters. The first-order valence-electron chi connectivity index (χ1n) is 5.86. The van der Waals surface area contributed by atoms with Crippen molar-refractivity contribution in [2.24, 2.45) is 5.92 Å². The van der Waals surface area contributed by atoms with Crippen LogP contribution in [0.25, 0.3) is 0 Å². The molecule has 1 aromatic carbocycles. The molecule has 2 nitrogen and oxygen atoms in total. The van der Waals surface area contributed by atoms with Crippen LogP contribution in [0.2, 0.25) is 0 Å². The van der Waals surface area contributed by atoms with Crippen LogP contribution < -0.4 is 0 Å². The third kappa shape index (κ3) is 4.47. The van der Waals surface area contributed by atoms with E-state index >= 15 is 0 Å². The number of carbonyl (C=O) groups is 1. The maximum Gasteiger partial charge on any atom is 0.133 e. The molecular formula is C14H20O2. The summed E-state index contributed by atoms with van der Waals surface area (Å²) in [6.45, 7) is 4.02. The smallest absolute Gasteiger partial charge is 0.133 e. The van der Waals surface area contributed by atoms with Crippen molar-refractivity contribution in [2.75, 3.05) is 0 Å². The fourth-order valence-corrected chi connectivity index (χ4v) is 1.80. The van der Waals surface area contributed by atoms with Gasteiger partial charge in [0.05, 0.1) is 0 Å². The number of hydrogen-bond acceptors (Lipinski definition) is 2. The van der Waals surface area contributed by atoms with Gasteiger partial charge in [0.1, 0.15) is 11.5 Å². The maximum atomic E-state index is 10.7. The highest BCUT2D eigenvalue weighted by molar-refractivity contribution is 5.79. The van der Waals surface area contributed by atoms with Crippen LogP contribution in [0.4, 0.5) is 0 Å². The fraction of sp³-hybridized carbons (Fsp3) is 0.500. The Balaban J connectivity index is 0.000000160. The molecule has 0 spiro atoms. The summed E-state index contributed by atoms with van der Waals surface area (Å²) >= 11 is 0. The molecular weight excluding hydrogens is 200 g/mol. The predicted molar refractivity (Wildman–Crippen MR) is 65.5 cm³/mol. The summed E-state index contributed by atoms with van der Waals surface area (Å²) in [6.07, 6.45) is 4.05. The van der Waals surface area contributed by atoms with Crippen LogP contribution in [-0.2, 0) is 4.79 Å². The monoisotopic (exact) mass is 220 g/mol. The normalized spacial score (nSPS) is 19.9. The maximum absolute atomic E-state index is 10.7. The Morgan fingerprint density at radius 3 is 2.38 bits per heavy atom. The van der Waals surface area contributed by atoms with Crippen molar-refractivity contribution in [2.45, 2.75) is 39.5 Å². The second-order valence-electron chi connectivity index (χ2n) is 4.53. The topological polar surface area (TPSA) is 37.3 Å².